The van der Waals surface area contributed by atoms with Crippen molar-refractivity contribution < 1.29 is 23.9 Å². The Kier molecular flexibility index (Phi) is 4.06. The van der Waals surface area contributed by atoms with E-state index in [1.165, 1.54) is 15.9 Å². The number of carboxylic acids is 1. The fourth-order valence-electron chi connectivity index (χ4n) is 1.90. The fourth-order valence-corrected chi connectivity index (χ4v) is 1.90. The zero-order chi connectivity index (χ0) is 15.6. The molecule has 2 rings (SSSR count). The molecule has 1 aliphatic rings. The second kappa shape index (κ2) is 5.78. The Balaban J connectivity index is 2.05. The number of nitrogens with one attached hydrogen (secondary N) is 1. The third-order valence-electron chi connectivity index (χ3n) is 3.20. The number of carbonyl (C=O) groups excluding carboxylic acids is 2. The summed E-state index contributed by atoms with van der Waals surface area (Å²) in [5, 5.41) is 11.2. The molecule has 1 saturated heterocycles. The van der Waals surface area contributed by atoms with Gasteiger partial charge < -0.3 is 20.2 Å². The van der Waals surface area contributed by atoms with Gasteiger partial charge in [0.2, 0.25) is 5.91 Å². The third kappa shape index (κ3) is 3.28. The van der Waals surface area contributed by atoms with E-state index < -0.39 is 23.4 Å². The number of urea groups is 1. The summed E-state index contributed by atoms with van der Waals surface area (Å²) in [6.45, 7) is 0.764. The molecule has 0 aromatic heterocycles. The van der Waals surface area contributed by atoms with Gasteiger partial charge in [0.05, 0.1) is 5.56 Å². The zero-order valence-electron chi connectivity index (χ0n) is 11.3. The Hall–Kier alpha value is -2.64. The van der Waals surface area contributed by atoms with E-state index in [1.54, 1.807) is 7.05 Å². The maximum atomic E-state index is 13.5. The summed E-state index contributed by atoms with van der Waals surface area (Å²) in [6, 6.07) is 2.77. The molecule has 3 amide bonds. The van der Waals surface area contributed by atoms with Crippen molar-refractivity contribution in [1.29, 1.82) is 0 Å². The second-order valence-electron chi connectivity index (χ2n) is 4.67. The number of amides is 3. The van der Waals surface area contributed by atoms with Crippen molar-refractivity contribution in [3.8, 4) is 0 Å². The second-order valence-corrected chi connectivity index (χ2v) is 4.67. The molecule has 7 nitrogen and oxygen atoms in total. The molecule has 0 aliphatic carbocycles. The molecule has 0 saturated carbocycles. The molecule has 0 spiro atoms. The number of piperazine rings is 1. The minimum Gasteiger partial charge on any atom is -0.478 e. The summed E-state index contributed by atoms with van der Waals surface area (Å²) in [4.78, 5) is 37.0. The van der Waals surface area contributed by atoms with Crippen molar-refractivity contribution in [2.45, 2.75) is 0 Å². The third-order valence-corrected chi connectivity index (χ3v) is 3.20. The van der Waals surface area contributed by atoms with E-state index in [9.17, 15) is 18.8 Å². The van der Waals surface area contributed by atoms with Crippen molar-refractivity contribution >= 4 is 23.6 Å². The maximum absolute atomic E-state index is 13.5. The standard InChI is InChI=1S/C13H14FN3O4/c1-16-4-5-17(7-11(16)18)13(21)15-8-2-3-9(12(19)20)10(14)6-8/h2-3,6H,4-5,7H2,1H3,(H,15,21)(H,19,20). The van der Waals surface area contributed by atoms with Gasteiger partial charge in [-0.1, -0.05) is 0 Å². The first-order chi connectivity index (χ1) is 9.88. The molecule has 0 radical (unpaired) electrons. The largest absolute Gasteiger partial charge is 0.478 e. The molecular formula is C13H14FN3O4. The molecule has 1 aromatic carbocycles. The number of benzene rings is 1. The topological polar surface area (TPSA) is 89.9 Å². The molecule has 21 heavy (non-hydrogen) atoms. The number of halogens is 1. The van der Waals surface area contributed by atoms with Crippen LogP contribution in [0.5, 0.6) is 0 Å². The lowest BCUT2D eigenvalue weighted by Gasteiger charge is -2.31. The number of carbonyl (C=O) groups is 3. The van der Waals surface area contributed by atoms with Crippen LogP contribution < -0.4 is 5.32 Å². The van der Waals surface area contributed by atoms with E-state index in [2.05, 4.69) is 5.32 Å². The van der Waals surface area contributed by atoms with E-state index in [0.717, 1.165) is 12.1 Å². The molecular weight excluding hydrogens is 281 g/mol. The molecule has 1 aliphatic heterocycles. The first kappa shape index (κ1) is 14.8. The highest BCUT2D eigenvalue weighted by molar-refractivity contribution is 5.94. The van der Waals surface area contributed by atoms with Gasteiger partial charge in [-0.15, -0.1) is 0 Å². The van der Waals surface area contributed by atoms with Crippen LogP contribution in [-0.4, -0.2) is 59.5 Å². The summed E-state index contributed by atoms with van der Waals surface area (Å²) in [6.07, 6.45) is 0. The minimum absolute atomic E-state index is 0.0436. The Bertz CT molecular complexity index is 605. The van der Waals surface area contributed by atoms with Gasteiger partial charge >= 0.3 is 12.0 Å². The first-order valence-corrected chi connectivity index (χ1v) is 6.21. The molecule has 2 N–H and O–H groups in total. The molecule has 8 heteroatoms. The van der Waals surface area contributed by atoms with Crippen molar-refractivity contribution in [3.63, 3.8) is 0 Å². The van der Waals surface area contributed by atoms with E-state index >= 15 is 0 Å². The van der Waals surface area contributed by atoms with Gasteiger partial charge in [0.25, 0.3) is 0 Å². The van der Waals surface area contributed by atoms with E-state index in [-0.39, 0.29) is 18.1 Å². The smallest absolute Gasteiger partial charge is 0.338 e. The number of hydrogen-bond acceptors (Lipinski definition) is 3. The number of likely N-dealkylation sites (N-methyl/N-ethyl adjacent to an activating group) is 1. The minimum atomic E-state index is -1.38. The zero-order valence-corrected chi connectivity index (χ0v) is 11.3. The SMILES string of the molecule is CN1CCN(C(=O)Nc2ccc(C(=O)O)c(F)c2)CC1=O. The van der Waals surface area contributed by atoms with Crippen LogP contribution in [0.4, 0.5) is 14.9 Å². The number of aromatic carboxylic acids is 1. The van der Waals surface area contributed by atoms with E-state index in [1.807, 2.05) is 0 Å². The molecule has 1 aromatic rings. The average molecular weight is 295 g/mol. The van der Waals surface area contributed by atoms with Crippen LogP contribution in [0.15, 0.2) is 18.2 Å². The van der Waals surface area contributed by atoms with Crippen molar-refractivity contribution in [1.82, 2.24) is 9.80 Å². The molecule has 0 bridgehead atoms. The number of carboxylic acid groups (broad SMARTS) is 1. The van der Waals surface area contributed by atoms with E-state index in [4.69, 9.17) is 5.11 Å². The maximum Gasteiger partial charge on any atom is 0.338 e. The number of rotatable bonds is 2. The normalized spacial score (nSPS) is 15.0. The van der Waals surface area contributed by atoms with Gasteiger partial charge in [-0.05, 0) is 18.2 Å². The van der Waals surface area contributed by atoms with E-state index in [0.29, 0.717) is 13.1 Å². The van der Waals surface area contributed by atoms with Gasteiger partial charge in [0, 0.05) is 25.8 Å². The van der Waals surface area contributed by atoms with Gasteiger partial charge in [-0.2, -0.15) is 0 Å². The fraction of sp³-hybridized carbons (Fsp3) is 0.308. The quantitative estimate of drug-likeness (QED) is 0.845. The number of nitrogens with zero attached hydrogens (tertiary/aromatic N) is 2. The summed E-state index contributed by atoms with van der Waals surface area (Å²) < 4.78 is 13.5. The molecule has 0 unspecified atom stereocenters. The highest BCUT2D eigenvalue weighted by Crippen LogP contribution is 2.15. The Morgan fingerprint density at radius 1 is 1.33 bits per heavy atom. The predicted octanol–water partition coefficient (Wildman–Crippen LogP) is 0.830. The van der Waals surface area contributed by atoms with Crippen LogP contribution in [0, 0.1) is 5.82 Å². The monoisotopic (exact) mass is 295 g/mol. The Labute approximate surface area is 119 Å². The lowest BCUT2D eigenvalue weighted by molar-refractivity contribution is -0.133. The highest BCUT2D eigenvalue weighted by atomic mass is 19.1. The predicted molar refractivity (Wildman–Crippen MR) is 71.6 cm³/mol. The van der Waals surface area contributed by atoms with Gasteiger partial charge in [-0.25, -0.2) is 14.0 Å². The Morgan fingerprint density at radius 3 is 2.62 bits per heavy atom. The molecule has 1 fully saturated rings. The van der Waals surface area contributed by atoms with Crippen molar-refractivity contribution in [2.75, 3.05) is 32.0 Å². The summed E-state index contributed by atoms with van der Waals surface area (Å²) >= 11 is 0. The van der Waals surface area contributed by atoms with Crippen molar-refractivity contribution in [3.05, 3.63) is 29.6 Å². The lowest BCUT2D eigenvalue weighted by atomic mass is 10.2. The van der Waals surface area contributed by atoms with Gasteiger partial charge in [0.1, 0.15) is 12.4 Å². The van der Waals surface area contributed by atoms with Crippen LogP contribution >= 0.6 is 0 Å². The Morgan fingerprint density at radius 2 is 2.05 bits per heavy atom. The van der Waals surface area contributed by atoms with Crippen LogP contribution in [0.1, 0.15) is 10.4 Å². The summed E-state index contributed by atoms with van der Waals surface area (Å²) in [5.74, 6) is -2.49. The molecule has 1 heterocycles. The number of hydrogen-bond donors (Lipinski definition) is 2. The number of anilines is 1. The first-order valence-electron chi connectivity index (χ1n) is 6.21. The summed E-state index contributed by atoms with van der Waals surface area (Å²) in [7, 11) is 1.65. The molecule has 112 valence electrons. The van der Waals surface area contributed by atoms with Crippen molar-refractivity contribution in [2.24, 2.45) is 0 Å². The van der Waals surface area contributed by atoms with Crippen LogP contribution in [0.25, 0.3) is 0 Å². The lowest BCUT2D eigenvalue weighted by Crippen LogP contribution is -2.51. The highest BCUT2D eigenvalue weighted by Gasteiger charge is 2.25. The molecule has 0 atom stereocenters. The summed E-state index contributed by atoms with van der Waals surface area (Å²) in [5.41, 5.74) is -0.336. The van der Waals surface area contributed by atoms with Crippen LogP contribution in [0.3, 0.4) is 0 Å². The van der Waals surface area contributed by atoms with Crippen LogP contribution in [0.2, 0.25) is 0 Å². The average Bonchev–Trinajstić information content (AvgIpc) is 2.41. The van der Waals surface area contributed by atoms with Crippen LogP contribution in [-0.2, 0) is 4.79 Å². The van der Waals surface area contributed by atoms with Gasteiger partial charge in [0.15, 0.2) is 0 Å². The van der Waals surface area contributed by atoms with Gasteiger partial charge in [-0.3, -0.25) is 4.79 Å².